The zero-order valence-electron chi connectivity index (χ0n) is 16.9. The van der Waals surface area contributed by atoms with Gasteiger partial charge in [0.15, 0.2) is 11.5 Å². The van der Waals surface area contributed by atoms with E-state index in [0.29, 0.717) is 24.5 Å². The SMILES string of the molecule is COc1ccc(C2(C(=O)NCCc3cccc(C(=O)O)c3)CCCC2)cc1OC. The Morgan fingerprint density at radius 3 is 2.41 bits per heavy atom. The minimum Gasteiger partial charge on any atom is -0.493 e. The monoisotopic (exact) mass is 397 g/mol. The van der Waals surface area contributed by atoms with Gasteiger partial charge in [-0.05, 0) is 54.7 Å². The van der Waals surface area contributed by atoms with E-state index in [4.69, 9.17) is 14.6 Å². The van der Waals surface area contributed by atoms with Gasteiger partial charge >= 0.3 is 5.97 Å². The molecule has 3 rings (SSSR count). The first kappa shape index (κ1) is 20.7. The molecule has 2 aromatic rings. The number of hydrogen-bond donors (Lipinski definition) is 2. The predicted molar refractivity (Wildman–Crippen MR) is 110 cm³/mol. The van der Waals surface area contributed by atoms with Gasteiger partial charge in [-0.15, -0.1) is 0 Å². The number of amides is 1. The lowest BCUT2D eigenvalue weighted by molar-refractivity contribution is -0.126. The summed E-state index contributed by atoms with van der Waals surface area (Å²) < 4.78 is 10.7. The smallest absolute Gasteiger partial charge is 0.335 e. The summed E-state index contributed by atoms with van der Waals surface area (Å²) in [5.41, 5.74) is 1.52. The van der Waals surface area contributed by atoms with Crippen LogP contribution in [0.5, 0.6) is 11.5 Å². The highest BCUT2D eigenvalue weighted by molar-refractivity contribution is 5.89. The summed E-state index contributed by atoms with van der Waals surface area (Å²) in [6.45, 7) is 0.455. The summed E-state index contributed by atoms with van der Waals surface area (Å²) in [5, 5.41) is 12.2. The van der Waals surface area contributed by atoms with Crippen LogP contribution in [0.25, 0.3) is 0 Å². The number of carboxylic acid groups (broad SMARTS) is 1. The molecule has 0 atom stereocenters. The van der Waals surface area contributed by atoms with Crippen molar-refractivity contribution in [2.24, 2.45) is 0 Å². The molecule has 6 heteroatoms. The second-order valence-electron chi connectivity index (χ2n) is 7.37. The number of rotatable bonds is 8. The standard InChI is InChI=1S/C23H27NO5/c1-28-19-9-8-18(15-20(19)29-2)23(11-3-4-12-23)22(27)24-13-10-16-6-5-7-17(14-16)21(25)26/h5-9,14-15H,3-4,10-13H2,1-2H3,(H,24,27)(H,25,26). The minimum atomic E-state index is -0.950. The molecule has 1 aliphatic rings. The van der Waals surface area contributed by atoms with Gasteiger partial charge in [-0.25, -0.2) is 4.79 Å². The molecule has 0 bridgehead atoms. The Morgan fingerprint density at radius 1 is 1.03 bits per heavy atom. The van der Waals surface area contributed by atoms with Crippen LogP contribution in [0.3, 0.4) is 0 Å². The molecule has 0 saturated heterocycles. The second-order valence-corrected chi connectivity index (χ2v) is 7.37. The fraction of sp³-hybridized carbons (Fsp3) is 0.391. The Morgan fingerprint density at radius 2 is 1.76 bits per heavy atom. The lowest BCUT2D eigenvalue weighted by Gasteiger charge is -2.29. The van der Waals surface area contributed by atoms with Crippen LogP contribution in [0.4, 0.5) is 0 Å². The number of benzene rings is 2. The van der Waals surface area contributed by atoms with Crippen molar-refractivity contribution in [1.82, 2.24) is 5.32 Å². The fourth-order valence-corrected chi connectivity index (χ4v) is 4.11. The summed E-state index contributed by atoms with van der Waals surface area (Å²) in [6.07, 6.45) is 4.17. The molecule has 6 nitrogen and oxygen atoms in total. The van der Waals surface area contributed by atoms with Crippen molar-refractivity contribution in [2.75, 3.05) is 20.8 Å². The van der Waals surface area contributed by atoms with Crippen molar-refractivity contribution in [3.8, 4) is 11.5 Å². The van der Waals surface area contributed by atoms with Crippen molar-refractivity contribution in [2.45, 2.75) is 37.5 Å². The zero-order chi connectivity index (χ0) is 20.9. The number of carboxylic acids is 1. The van der Waals surface area contributed by atoms with Crippen molar-refractivity contribution < 1.29 is 24.2 Å². The molecule has 0 heterocycles. The summed E-state index contributed by atoms with van der Waals surface area (Å²) in [6, 6.07) is 12.5. The summed E-state index contributed by atoms with van der Waals surface area (Å²) in [7, 11) is 3.18. The normalized spacial score (nSPS) is 15.0. The van der Waals surface area contributed by atoms with Gasteiger partial charge < -0.3 is 19.9 Å². The van der Waals surface area contributed by atoms with Crippen LogP contribution >= 0.6 is 0 Å². The third-order valence-electron chi connectivity index (χ3n) is 5.70. The van der Waals surface area contributed by atoms with Gasteiger partial charge in [0.05, 0.1) is 25.2 Å². The van der Waals surface area contributed by atoms with E-state index in [2.05, 4.69) is 5.32 Å². The molecule has 0 radical (unpaired) electrons. The Balaban J connectivity index is 1.73. The number of nitrogens with one attached hydrogen (secondary N) is 1. The molecule has 29 heavy (non-hydrogen) atoms. The third kappa shape index (κ3) is 4.36. The molecule has 2 N–H and O–H groups in total. The largest absolute Gasteiger partial charge is 0.493 e. The molecule has 2 aromatic carbocycles. The van der Waals surface area contributed by atoms with Crippen LogP contribution in [0.15, 0.2) is 42.5 Å². The van der Waals surface area contributed by atoms with Crippen molar-refractivity contribution in [3.05, 3.63) is 59.2 Å². The fourth-order valence-electron chi connectivity index (χ4n) is 4.11. The molecule has 1 fully saturated rings. The van der Waals surface area contributed by atoms with E-state index < -0.39 is 11.4 Å². The first-order valence-electron chi connectivity index (χ1n) is 9.83. The van der Waals surface area contributed by atoms with E-state index in [1.165, 1.54) is 0 Å². The minimum absolute atomic E-state index is 0.0107. The molecule has 1 aliphatic carbocycles. The van der Waals surface area contributed by atoms with Crippen LogP contribution in [0.2, 0.25) is 0 Å². The topological polar surface area (TPSA) is 84.9 Å². The lowest BCUT2D eigenvalue weighted by atomic mass is 9.77. The molecule has 1 saturated carbocycles. The summed E-state index contributed by atoms with van der Waals surface area (Å²) in [5.74, 6) is 0.323. The van der Waals surface area contributed by atoms with Gasteiger partial charge in [-0.3, -0.25) is 4.79 Å². The van der Waals surface area contributed by atoms with Crippen LogP contribution in [0.1, 0.15) is 47.2 Å². The van der Waals surface area contributed by atoms with Crippen LogP contribution < -0.4 is 14.8 Å². The number of hydrogen-bond acceptors (Lipinski definition) is 4. The van der Waals surface area contributed by atoms with Gasteiger partial charge in [-0.1, -0.05) is 31.0 Å². The predicted octanol–water partition coefficient (Wildman–Crippen LogP) is 3.57. The first-order valence-corrected chi connectivity index (χ1v) is 9.83. The molecular formula is C23H27NO5. The molecule has 0 aliphatic heterocycles. The van der Waals surface area contributed by atoms with Crippen molar-refractivity contribution >= 4 is 11.9 Å². The molecule has 0 unspecified atom stereocenters. The van der Waals surface area contributed by atoms with E-state index in [9.17, 15) is 9.59 Å². The van der Waals surface area contributed by atoms with E-state index in [1.54, 1.807) is 32.4 Å². The van der Waals surface area contributed by atoms with Gasteiger partial charge in [-0.2, -0.15) is 0 Å². The highest BCUT2D eigenvalue weighted by atomic mass is 16.5. The quantitative estimate of drug-likeness (QED) is 0.711. The maximum absolute atomic E-state index is 13.2. The Kier molecular flexibility index (Phi) is 6.42. The van der Waals surface area contributed by atoms with Gasteiger partial charge in [0.2, 0.25) is 5.91 Å². The van der Waals surface area contributed by atoms with Gasteiger partial charge in [0, 0.05) is 6.54 Å². The lowest BCUT2D eigenvalue weighted by Crippen LogP contribution is -2.43. The zero-order valence-corrected chi connectivity index (χ0v) is 16.9. The highest BCUT2D eigenvalue weighted by Gasteiger charge is 2.42. The maximum atomic E-state index is 13.2. The Hall–Kier alpha value is -3.02. The molecule has 154 valence electrons. The molecule has 0 spiro atoms. The summed E-state index contributed by atoms with van der Waals surface area (Å²) in [4.78, 5) is 24.3. The number of carbonyl (C=O) groups is 2. The van der Waals surface area contributed by atoms with E-state index >= 15 is 0 Å². The number of carbonyl (C=O) groups excluding carboxylic acids is 1. The third-order valence-corrected chi connectivity index (χ3v) is 5.70. The van der Waals surface area contributed by atoms with Crippen molar-refractivity contribution in [3.63, 3.8) is 0 Å². The van der Waals surface area contributed by atoms with E-state index in [1.807, 2.05) is 24.3 Å². The molecule has 0 aromatic heterocycles. The van der Waals surface area contributed by atoms with Crippen molar-refractivity contribution in [1.29, 1.82) is 0 Å². The van der Waals surface area contributed by atoms with Crippen LogP contribution in [-0.2, 0) is 16.6 Å². The van der Waals surface area contributed by atoms with Crippen LogP contribution in [0, 0.1) is 0 Å². The average molecular weight is 397 g/mol. The Labute approximate surface area is 170 Å². The maximum Gasteiger partial charge on any atom is 0.335 e. The highest BCUT2D eigenvalue weighted by Crippen LogP contribution is 2.43. The summed E-state index contributed by atoms with van der Waals surface area (Å²) >= 11 is 0. The van der Waals surface area contributed by atoms with E-state index in [0.717, 1.165) is 36.8 Å². The molecular weight excluding hydrogens is 370 g/mol. The van der Waals surface area contributed by atoms with Crippen LogP contribution in [-0.4, -0.2) is 37.7 Å². The van der Waals surface area contributed by atoms with E-state index in [-0.39, 0.29) is 11.5 Å². The number of methoxy groups -OCH3 is 2. The second kappa shape index (κ2) is 8.99. The first-order chi connectivity index (χ1) is 14.0. The van der Waals surface area contributed by atoms with Gasteiger partial charge in [0.1, 0.15) is 0 Å². The number of ether oxygens (including phenoxy) is 2. The Bertz CT molecular complexity index is 887. The number of aromatic carboxylic acids is 1. The van der Waals surface area contributed by atoms with Gasteiger partial charge in [0.25, 0.3) is 0 Å². The average Bonchev–Trinajstić information content (AvgIpc) is 3.24. The molecule has 1 amide bonds.